The third-order valence-electron chi connectivity index (χ3n) is 3.34. The Morgan fingerprint density at radius 3 is 2.67 bits per heavy atom. The van der Waals surface area contributed by atoms with Crippen molar-refractivity contribution in [2.45, 2.75) is 31.0 Å². The lowest BCUT2D eigenvalue weighted by molar-refractivity contribution is -0.150. The Bertz CT molecular complexity index is 255. The highest BCUT2D eigenvalue weighted by molar-refractivity contribution is 5.78. The van der Waals surface area contributed by atoms with Gasteiger partial charge in [-0.25, -0.2) is 9.18 Å². The molecule has 2 rings (SSSR count). The van der Waals surface area contributed by atoms with Crippen molar-refractivity contribution in [1.82, 2.24) is 4.90 Å². The van der Waals surface area contributed by atoms with Crippen LogP contribution in [0, 0.1) is 0 Å². The second-order valence-electron chi connectivity index (χ2n) is 4.33. The zero-order valence-corrected chi connectivity index (χ0v) is 8.62. The average Bonchev–Trinajstić information content (AvgIpc) is 2.64. The zero-order chi connectivity index (χ0) is 10.9. The smallest absolute Gasteiger partial charge is 0.342 e. The molecule has 0 aliphatic carbocycles. The van der Waals surface area contributed by atoms with Gasteiger partial charge in [0.05, 0.1) is 0 Å². The van der Waals surface area contributed by atoms with Crippen molar-refractivity contribution in [3.8, 4) is 0 Å². The van der Waals surface area contributed by atoms with Crippen LogP contribution in [0.1, 0.15) is 19.3 Å². The Morgan fingerprint density at radius 1 is 1.47 bits per heavy atom. The van der Waals surface area contributed by atoms with E-state index in [2.05, 4.69) is 0 Å². The van der Waals surface area contributed by atoms with Crippen molar-refractivity contribution in [3.63, 3.8) is 0 Å². The molecule has 2 saturated heterocycles. The Morgan fingerprint density at radius 2 is 2.13 bits per heavy atom. The van der Waals surface area contributed by atoms with Gasteiger partial charge in [0.2, 0.25) is 5.67 Å². The van der Waals surface area contributed by atoms with Crippen LogP contribution in [0.5, 0.6) is 0 Å². The second-order valence-corrected chi connectivity index (χ2v) is 4.33. The fourth-order valence-electron chi connectivity index (χ4n) is 2.34. The summed E-state index contributed by atoms with van der Waals surface area (Å²) in [6.45, 7) is 1.99. The van der Waals surface area contributed by atoms with Gasteiger partial charge in [-0.1, -0.05) is 0 Å². The fourth-order valence-corrected chi connectivity index (χ4v) is 2.34. The van der Waals surface area contributed by atoms with Gasteiger partial charge in [-0.05, 0) is 12.8 Å². The van der Waals surface area contributed by atoms with Crippen LogP contribution in [0.25, 0.3) is 0 Å². The molecule has 0 saturated carbocycles. The first-order valence-corrected chi connectivity index (χ1v) is 5.36. The van der Waals surface area contributed by atoms with Crippen LogP contribution in [0.4, 0.5) is 4.39 Å². The Kier molecular flexibility index (Phi) is 2.93. The van der Waals surface area contributed by atoms with E-state index in [0.717, 1.165) is 12.8 Å². The summed E-state index contributed by atoms with van der Waals surface area (Å²) >= 11 is 0. The lowest BCUT2D eigenvalue weighted by Crippen LogP contribution is -2.42. The first-order valence-electron chi connectivity index (χ1n) is 5.36. The molecule has 5 heteroatoms. The van der Waals surface area contributed by atoms with E-state index in [9.17, 15) is 9.18 Å². The van der Waals surface area contributed by atoms with E-state index in [-0.39, 0.29) is 13.0 Å². The van der Waals surface area contributed by atoms with Crippen LogP contribution < -0.4 is 0 Å². The normalized spacial score (nSPS) is 34.5. The highest BCUT2D eigenvalue weighted by Gasteiger charge is 2.47. The molecule has 2 aliphatic heterocycles. The zero-order valence-electron chi connectivity index (χ0n) is 8.62. The molecule has 2 fully saturated rings. The van der Waals surface area contributed by atoms with Gasteiger partial charge < -0.3 is 9.84 Å². The van der Waals surface area contributed by atoms with Crippen LogP contribution in [0.15, 0.2) is 0 Å². The molecule has 15 heavy (non-hydrogen) atoms. The Balaban J connectivity index is 1.94. The molecule has 4 nitrogen and oxygen atoms in total. The summed E-state index contributed by atoms with van der Waals surface area (Å²) in [5, 5.41) is 8.76. The van der Waals surface area contributed by atoms with Gasteiger partial charge >= 0.3 is 5.97 Å². The van der Waals surface area contributed by atoms with Gasteiger partial charge in [0, 0.05) is 38.8 Å². The monoisotopic (exact) mass is 217 g/mol. The van der Waals surface area contributed by atoms with Crippen molar-refractivity contribution in [1.29, 1.82) is 0 Å². The largest absolute Gasteiger partial charge is 0.479 e. The number of carboxylic acids is 1. The van der Waals surface area contributed by atoms with Crippen molar-refractivity contribution < 1.29 is 19.0 Å². The van der Waals surface area contributed by atoms with Crippen LogP contribution >= 0.6 is 0 Å². The summed E-state index contributed by atoms with van der Waals surface area (Å²) in [6, 6.07) is 0.302. The number of rotatable bonds is 2. The van der Waals surface area contributed by atoms with Gasteiger partial charge in [-0.15, -0.1) is 0 Å². The number of alkyl halides is 1. The summed E-state index contributed by atoms with van der Waals surface area (Å²) in [5.41, 5.74) is -2.03. The molecule has 1 atom stereocenters. The molecule has 0 aromatic carbocycles. The van der Waals surface area contributed by atoms with E-state index in [1.807, 2.05) is 4.90 Å². The molecule has 0 bridgehead atoms. The van der Waals surface area contributed by atoms with Crippen LogP contribution in [0.2, 0.25) is 0 Å². The number of aliphatic carboxylic acids is 1. The average molecular weight is 217 g/mol. The third-order valence-corrected chi connectivity index (χ3v) is 3.34. The van der Waals surface area contributed by atoms with Crippen LogP contribution in [-0.4, -0.2) is 54.0 Å². The molecule has 0 spiro atoms. The van der Waals surface area contributed by atoms with E-state index in [1.54, 1.807) is 0 Å². The molecular weight excluding hydrogens is 201 g/mol. The summed E-state index contributed by atoms with van der Waals surface area (Å²) < 4.78 is 19.0. The van der Waals surface area contributed by atoms with Gasteiger partial charge in [0.25, 0.3) is 0 Å². The summed E-state index contributed by atoms with van der Waals surface area (Å²) in [5.74, 6) is -1.32. The summed E-state index contributed by atoms with van der Waals surface area (Å²) in [4.78, 5) is 12.7. The van der Waals surface area contributed by atoms with Crippen molar-refractivity contribution in [2.24, 2.45) is 0 Å². The highest BCUT2D eigenvalue weighted by Crippen LogP contribution is 2.29. The maximum absolute atomic E-state index is 13.8. The number of hydrogen-bond acceptors (Lipinski definition) is 3. The minimum atomic E-state index is -2.03. The molecule has 1 unspecified atom stereocenters. The standard InChI is InChI=1S/C10H16FNO3/c11-10(9(13)14)3-4-12(7-10)8-1-5-15-6-2-8/h8H,1-7H2,(H,13,14). The summed E-state index contributed by atoms with van der Waals surface area (Å²) in [6.07, 6.45) is 1.88. The van der Waals surface area contributed by atoms with E-state index in [1.165, 1.54) is 0 Å². The number of likely N-dealkylation sites (tertiary alicyclic amines) is 1. The second kappa shape index (κ2) is 4.06. The summed E-state index contributed by atoms with van der Waals surface area (Å²) in [7, 11) is 0. The molecule has 0 radical (unpaired) electrons. The van der Waals surface area contributed by atoms with Crippen molar-refractivity contribution in [2.75, 3.05) is 26.3 Å². The number of ether oxygens (including phenoxy) is 1. The quantitative estimate of drug-likeness (QED) is 0.738. The molecule has 0 aromatic rings. The number of hydrogen-bond donors (Lipinski definition) is 1. The predicted octanol–water partition coefficient (Wildman–Crippen LogP) is 0.664. The number of carboxylic acid groups (broad SMARTS) is 1. The number of halogens is 1. The van der Waals surface area contributed by atoms with Crippen molar-refractivity contribution in [3.05, 3.63) is 0 Å². The minimum absolute atomic E-state index is 0.0347. The van der Waals surface area contributed by atoms with E-state index < -0.39 is 11.6 Å². The van der Waals surface area contributed by atoms with Crippen LogP contribution in [-0.2, 0) is 9.53 Å². The fraction of sp³-hybridized carbons (Fsp3) is 0.900. The highest BCUT2D eigenvalue weighted by atomic mass is 19.1. The van der Waals surface area contributed by atoms with E-state index >= 15 is 0 Å². The molecule has 2 heterocycles. The van der Waals surface area contributed by atoms with E-state index in [0.29, 0.717) is 25.8 Å². The van der Waals surface area contributed by atoms with Gasteiger partial charge in [-0.2, -0.15) is 0 Å². The molecular formula is C10H16FNO3. The van der Waals surface area contributed by atoms with Crippen molar-refractivity contribution >= 4 is 5.97 Å². The van der Waals surface area contributed by atoms with Gasteiger partial charge in [0.1, 0.15) is 0 Å². The molecule has 1 N–H and O–H groups in total. The molecule has 0 aromatic heterocycles. The number of nitrogens with zero attached hydrogens (tertiary/aromatic N) is 1. The SMILES string of the molecule is O=C(O)C1(F)CCN(C2CCOCC2)C1. The number of carbonyl (C=O) groups is 1. The van der Waals surface area contributed by atoms with Gasteiger partial charge in [-0.3, -0.25) is 4.90 Å². The lowest BCUT2D eigenvalue weighted by Gasteiger charge is -2.31. The van der Waals surface area contributed by atoms with E-state index in [4.69, 9.17) is 9.84 Å². The molecule has 2 aliphatic rings. The van der Waals surface area contributed by atoms with Gasteiger partial charge in [0.15, 0.2) is 0 Å². The predicted molar refractivity (Wildman–Crippen MR) is 51.5 cm³/mol. The Hall–Kier alpha value is -0.680. The van der Waals surface area contributed by atoms with Crippen LogP contribution in [0.3, 0.4) is 0 Å². The molecule has 86 valence electrons. The first-order chi connectivity index (χ1) is 7.12. The molecule has 0 amide bonds. The maximum atomic E-state index is 13.8. The topological polar surface area (TPSA) is 49.8 Å². The maximum Gasteiger partial charge on any atom is 0.342 e. The minimum Gasteiger partial charge on any atom is -0.479 e. The lowest BCUT2D eigenvalue weighted by atomic mass is 10.1. The third kappa shape index (κ3) is 2.13. The Labute approximate surface area is 88.0 Å². The first kappa shape index (κ1) is 10.8.